The van der Waals surface area contributed by atoms with Gasteiger partial charge in [0.05, 0.1) is 11.0 Å². The number of amides is 1. The fraction of sp³-hybridized carbons (Fsp3) is 0.167. The number of hydrogen-bond acceptors (Lipinski definition) is 2. The number of nitrogens with one attached hydrogen (secondary N) is 1. The number of carbonyl (C=O) groups is 1. The first kappa shape index (κ1) is 19.8. The van der Waals surface area contributed by atoms with Crippen molar-refractivity contribution in [3.05, 3.63) is 101 Å². The van der Waals surface area contributed by atoms with E-state index in [4.69, 9.17) is 4.98 Å². The molecule has 152 valence electrons. The molecule has 4 nitrogen and oxygen atoms in total. The molecule has 0 aliphatic heterocycles. The lowest BCUT2D eigenvalue weighted by molar-refractivity contribution is -0.121. The minimum Gasteiger partial charge on any atom is -0.342 e. The zero-order valence-corrected chi connectivity index (χ0v) is 16.5. The summed E-state index contributed by atoms with van der Waals surface area (Å²) in [7, 11) is 1.91. The molecule has 1 N–H and O–H groups in total. The lowest BCUT2D eigenvalue weighted by Gasteiger charge is -2.19. The molecule has 0 saturated heterocycles. The third-order valence-electron chi connectivity index (χ3n) is 5.15. The maximum absolute atomic E-state index is 13.9. The van der Waals surface area contributed by atoms with Gasteiger partial charge < -0.3 is 9.88 Å². The van der Waals surface area contributed by atoms with Crippen LogP contribution in [0, 0.1) is 11.6 Å². The Morgan fingerprint density at radius 3 is 2.53 bits per heavy atom. The van der Waals surface area contributed by atoms with Crippen LogP contribution >= 0.6 is 0 Å². The minimum atomic E-state index is -0.520. The number of aromatic nitrogens is 2. The summed E-state index contributed by atoms with van der Waals surface area (Å²) < 4.78 is 29.2. The highest BCUT2D eigenvalue weighted by molar-refractivity contribution is 5.78. The predicted octanol–water partition coefficient (Wildman–Crippen LogP) is 4.69. The third kappa shape index (κ3) is 4.08. The van der Waals surface area contributed by atoms with Gasteiger partial charge in [-0.05, 0) is 47.9 Å². The number of rotatable bonds is 6. The Kier molecular flexibility index (Phi) is 5.57. The van der Waals surface area contributed by atoms with Gasteiger partial charge in [-0.25, -0.2) is 13.8 Å². The molecular formula is C24H21F2N3O. The normalized spacial score (nSPS) is 12.1. The summed E-state index contributed by atoms with van der Waals surface area (Å²) in [5.74, 6) is -0.597. The molecule has 0 aliphatic carbocycles. The molecule has 1 unspecified atom stereocenters. The Morgan fingerprint density at radius 2 is 1.77 bits per heavy atom. The summed E-state index contributed by atoms with van der Waals surface area (Å²) in [4.78, 5) is 17.5. The van der Waals surface area contributed by atoms with Crippen LogP contribution in [-0.4, -0.2) is 15.5 Å². The SMILES string of the molecule is Cn1c(C(NC(=O)CCc2cc(F)ccc2F)c2ccccc2)nc2ccccc21. The van der Waals surface area contributed by atoms with E-state index in [1.807, 2.05) is 66.2 Å². The summed E-state index contributed by atoms with van der Waals surface area (Å²) >= 11 is 0. The van der Waals surface area contributed by atoms with Crippen LogP contribution in [0.15, 0.2) is 72.8 Å². The summed E-state index contributed by atoms with van der Waals surface area (Å²) in [5, 5.41) is 3.02. The van der Waals surface area contributed by atoms with Crippen molar-refractivity contribution in [2.75, 3.05) is 0 Å². The first-order valence-electron chi connectivity index (χ1n) is 9.72. The molecule has 30 heavy (non-hydrogen) atoms. The molecule has 1 amide bonds. The molecule has 0 aliphatic rings. The fourth-order valence-electron chi connectivity index (χ4n) is 3.58. The first-order chi connectivity index (χ1) is 14.5. The lowest BCUT2D eigenvalue weighted by atomic mass is 10.0. The topological polar surface area (TPSA) is 46.9 Å². The number of imidazole rings is 1. The van der Waals surface area contributed by atoms with E-state index in [1.54, 1.807) is 0 Å². The standard InChI is InChI=1S/C24H21F2N3O/c1-29-21-10-6-5-9-20(21)27-24(29)23(16-7-3-2-4-8-16)28-22(30)14-11-17-15-18(25)12-13-19(17)26/h2-10,12-13,15,23H,11,14H2,1H3,(H,28,30). The smallest absolute Gasteiger partial charge is 0.221 e. The van der Waals surface area contributed by atoms with Crippen molar-refractivity contribution in [1.29, 1.82) is 0 Å². The second-order valence-electron chi connectivity index (χ2n) is 7.16. The highest BCUT2D eigenvalue weighted by Gasteiger charge is 2.22. The van der Waals surface area contributed by atoms with Gasteiger partial charge in [0, 0.05) is 13.5 Å². The molecule has 6 heteroatoms. The maximum atomic E-state index is 13.9. The number of nitrogens with zero attached hydrogens (tertiary/aromatic N) is 2. The highest BCUT2D eigenvalue weighted by Crippen LogP contribution is 2.25. The minimum absolute atomic E-state index is 0.0354. The highest BCUT2D eigenvalue weighted by atomic mass is 19.1. The summed E-state index contributed by atoms with van der Waals surface area (Å²) in [6.45, 7) is 0. The van der Waals surface area contributed by atoms with Gasteiger partial charge in [0.2, 0.25) is 5.91 Å². The Balaban J connectivity index is 1.60. The van der Waals surface area contributed by atoms with E-state index < -0.39 is 17.7 Å². The second kappa shape index (κ2) is 8.45. The van der Waals surface area contributed by atoms with Crippen molar-refractivity contribution < 1.29 is 13.6 Å². The van der Waals surface area contributed by atoms with Gasteiger partial charge in [0.25, 0.3) is 0 Å². The summed E-state index contributed by atoms with van der Waals surface area (Å²) in [6.07, 6.45) is 0.146. The van der Waals surface area contributed by atoms with Crippen LogP contribution in [0.3, 0.4) is 0 Å². The predicted molar refractivity (Wildman–Crippen MR) is 112 cm³/mol. The average molecular weight is 405 g/mol. The molecule has 0 spiro atoms. The average Bonchev–Trinajstić information content (AvgIpc) is 3.10. The largest absolute Gasteiger partial charge is 0.342 e. The van der Waals surface area contributed by atoms with Crippen LogP contribution in [0.5, 0.6) is 0 Å². The van der Waals surface area contributed by atoms with Crippen molar-refractivity contribution in [2.24, 2.45) is 7.05 Å². The molecule has 0 saturated carbocycles. The summed E-state index contributed by atoms with van der Waals surface area (Å²) in [5.41, 5.74) is 2.88. The van der Waals surface area contributed by atoms with E-state index in [1.165, 1.54) is 0 Å². The molecule has 0 fully saturated rings. The van der Waals surface area contributed by atoms with Gasteiger partial charge in [-0.15, -0.1) is 0 Å². The van der Waals surface area contributed by atoms with Crippen LogP contribution in [-0.2, 0) is 18.3 Å². The maximum Gasteiger partial charge on any atom is 0.221 e. The molecule has 4 aromatic rings. The van der Waals surface area contributed by atoms with Gasteiger partial charge in [-0.2, -0.15) is 0 Å². The van der Waals surface area contributed by atoms with E-state index in [-0.39, 0.29) is 24.3 Å². The quantitative estimate of drug-likeness (QED) is 0.506. The molecule has 3 aromatic carbocycles. The van der Waals surface area contributed by atoms with Crippen LogP contribution in [0.4, 0.5) is 8.78 Å². The van der Waals surface area contributed by atoms with Gasteiger partial charge in [0.15, 0.2) is 0 Å². The molecule has 1 aromatic heterocycles. The monoisotopic (exact) mass is 405 g/mol. The van der Waals surface area contributed by atoms with Gasteiger partial charge in [-0.1, -0.05) is 42.5 Å². The third-order valence-corrected chi connectivity index (χ3v) is 5.15. The molecular weight excluding hydrogens is 384 g/mol. The first-order valence-corrected chi connectivity index (χ1v) is 9.72. The van der Waals surface area contributed by atoms with E-state index in [9.17, 15) is 13.6 Å². The zero-order valence-electron chi connectivity index (χ0n) is 16.5. The van der Waals surface area contributed by atoms with Crippen LogP contribution in [0.25, 0.3) is 11.0 Å². The number of benzene rings is 3. The van der Waals surface area contributed by atoms with Gasteiger partial charge >= 0.3 is 0 Å². The molecule has 1 atom stereocenters. The van der Waals surface area contributed by atoms with E-state index in [2.05, 4.69) is 5.32 Å². The van der Waals surface area contributed by atoms with E-state index in [0.29, 0.717) is 5.82 Å². The number of para-hydroxylation sites is 2. The van der Waals surface area contributed by atoms with Crippen LogP contribution in [0.2, 0.25) is 0 Å². The zero-order chi connectivity index (χ0) is 21.1. The fourth-order valence-corrected chi connectivity index (χ4v) is 3.58. The van der Waals surface area contributed by atoms with Gasteiger partial charge in [-0.3, -0.25) is 4.79 Å². The van der Waals surface area contributed by atoms with Crippen molar-refractivity contribution in [2.45, 2.75) is 18.9 Å². The summed E-state index contributed by atoms with van der Waals surface area (Å²) in [6, 6.07) is 20.1. The van der Waals surface area contributed by atoms with Crippen LogP contribution < -0.4 is 5.32 Å². The van der Waals surface area contributed by atoms with E-state index >= 15 is 0 Å². The Bertz CT molecular complexity index is 1190. The van der Waals surface area contributed by atoms with E-state index in [0.717, 1.165) is 34.8 Å². The molecule has 0 radical (unpaired) electrons. The van der Waals surface area contributed by atoms with Crippen molar-refractivity contribution in [3.8, 4) is 0 Å². The Hall–Kier alpha value is -3.54. The van der Waals surface area contributed by atoms with Crippen molar-refractivity contribution in [3.63, 3.8) is 0 Å². The lowest BCUT2D eigenvalue weighted by Crippen LogP contribution is -2.31. The molecule has 0 bridgehead atoms. The van der Waals surface area contributed by atoms with Gasteiger partial charge in [0.1, 0.15) is 23.5 Å². The van der Waals surface area contributed by atoms with Crippen molar-refractivity contribution >= 4 is 16.9 Å². The number of fused-ring (bicyclic) bond motifs is 1. The van der Waals surface area contributed by atoms with Crippen LogP contribution in [0.1, 0.15) is 29.4 Å². The number of hydrogen-bond donors (Lipinski definition) is 1. The molecule has 1 heterocycles. The number of carbonyl (C=O) groups excluding carboxylic acids is 1. The van der Waals surface area contributed by atoms with Crippen molar-refractivity contribution in [1.82, 2.24) is 14.9 Å². The Labute approximate surface area is 173 Å². The number of halogens is 2. The number of aryl methyl sites for hydroxylation is 2. The second-order valence-corrected chi connectivity index (χ2v) is 7.16. The molecule has 4 rings (SSSR count). The Morgan fingerprint density at radius 1 is 1.03 bits per heavy atom.